The molecule has 1 aliphatic rings. The molecule has 0 aromatic heterocycles. The number of phenolic OH excluding ortho intramolecular Hbond substituents is 1. The Morgan fingerprint density at radius 3 is 2.20 bits per heavy atom. The van der Waals surface area contributed by atoms with Crippen molar-refractivity contribution in [1.29, 1.82) is 0 Å². The summed E-state index contributed by atoms with van der Waals surface area (Å²) >= 11 is 5.82. The number of aliphatic carboxylic acids is 1. The maximum absolute atomic E-state index is 10.4. The van der Waals surface area contributed by atoms with Crippen LogP contribution in [0.4, 0.5) is 0 Å². The lowest BCUT2D eigenvalue weighted by molar-refractivity contribution is -0.138. The van der Waals surface area contributed by atoms with Gasteiger partial charge in [0.15, 0.2) is 0 Å². The molecule has 5 heteroatoms. The first-order chi connectivity index (χ1) is 9.49. The molecular weight excluding hydrogens is 278 g/mol. The number of aromatic hydroxyl groups is 1. The molecule has 1 fully saturated rings. The largest absolute Gasteiger partial charge is 0.508 e. The Morgan fingerprint density at radius 2 is 1.80 bits per heavy atom. The van der Waals surface area contributed by atoms with Crippen LogP contribution in [-0.4, -0.2) is 27.6 Å². The SMILES string of the molecule is ClC1CCCCC1.NC(Cc1ccc(O)cc1)C(=O)O. The summed E-state index contributed by atoms with van der Waals surface area (Å²) in [6.07, 6.45) is 6.89. The minimum absolute atomic E-state index is 0.160. The minimum atomic E-state index is -1.02. The van der Waals surface area contributed by atoms with Crippen LogP contribution in [0, 0.1) is 0 Å². The Kier molecular flexibility index (Phi) is 7.41. The summed E-state index contributed by atoms with van der Waals surface area (Å²) in [5.41, 5.74) is 6.12. The predicted molar refractivity (Wildman–Crippen MR) is 80.1 cm³/mol. The highest BCUT2D eigenvalue weighted by Crippen LogP contribution is 2.21. The molecule has 0 amide bonds. The van der Waals surface area contributed by atoms with Gasteiger partial charge in [0, 0.05) is 5.38 Å². The van der Waals surface area contributed by atoms with E-state index in [1.165, 1.54) is 44.2 Å². The van der Waals surface area contributed by atoms with Gasteiger partial charge in [-0.2, -0.15) is 0 Å². The van der Waals surface area contributed by atoms with Gasteiger partial charge in [-0.25, -0.2) is 0 Å². The topological polar surface area (TPSA) is 83.5 Å². The van der Waals surface area contributed by atoms with Gasteiger partial charge < -0.3 is 15.9 Å². The number of alkyl halides is 1. The average Bonchev–Trinajstić information content (AvgIpc) is 2.43. The third kappa shape index (κ3) is 6.78. The van der Waals surface area contributed by atoms with Crippen LogP contribution < -0.4 is 5.73 Å². The van der Waals surface area contributed by atoms with Crippen LogP contribution in [0.15, 0.2) is 24.3 Å². The van der Waals surface area contributed by atoms with E-state index in [4.69, 9.17) is 27.5 Å². The average molecular weight is 300 g/mol. The van der Waals surface area contributed by atoms with Crippen molar-refractivity contribution in [3.63, 3.8) is 0 Å². The van der Waals surface area contributed by atoms with Gasteiger partial charge in [0.25, 0.3) is 0 Å². The van der Waals surface area contributed by atoms with Crippen molar-refractivity contribution < 1.29 is 15.0 Å². The summed E-state index contributed by atoms with van der Waals surface area (Å²) < 4.78 is 0. The van der Waals surface area contributed by atoms with Gasteiger partial charge in [-0.1, -0.05) is 31.4 Å². The highest BCUT2D eigenvalue weighted by atomic mass is 35.5. The maximum Gasteiger partial charge on any atom is 0.320 e. The first-order valence-corrected chi connectivity index (χ1v) is 7.33. The summed E-state index contributed by atoms with van der Waals surface area (Å²) in [6.45, 7) is 0. The zero-order chi connectivity index (χ0) is 15.0. The van der Waals surface area contributed by atoms with Crippen LogP contribution >= 0.6 is 11.6 Å². The van der Waals surface area contributed by atoms with Crippen LogP contribution in [0.2, 0.25) is 0 Å². The van der Waals surface area contributed by atoms with Gasteiger partial charge >= 0.3 is 5.97 Å². The smallest absolute Gasteiger partial charge is 0.320 e. The highest BCUT2D eigenvalue weighted by Gasteiger charge is 2.11. The van der Waals surface area contributed by atoms with Crippen LogP contribution in [0.1, 0.15) is 37.7 Å². The molecule has 0 saturated heterocycles. The van der Waals surface area contributed by atoms with E-state index in [1.807, 2.05) is 0 Å². The molecule has 0 bridgehead atoms. The highest BCUT2D eigenvalue weighted by molar-refractivity contribution is 6.20. The molecule has 20 heavy (non-hydrogen) atoms. The molecular formula is C15H22ClNO3. The van der Waals surface area contributed by atoms with Gasteiger partial charge in [0.05, 0.1) is 0 Å². The number of hydrogen-bond donors (Lipinski definition) is 3. The van der Waals surface area contributed by atoms with E-state index in [2.05, 4.69) is 0 Å². The van der Waals surface area contributed by atoms with E-state index < -0.39 is 12.0 Å². The number of rotatable bonds is 3. The Balaban J connectivity index is 0.000000240. The number of hydrogen-bond acceptors (Lipinski definition) is 3. The number of carboxylic acid groups (broad SMARTS) is 1. The monoisotopic (exact) mass is 299 g/mol. The quantitative estimate of drug-likeness (QED) is 0.749. The van der Waals surface area contributed by atoms with Crippen molar-refractivity contribution in [3.8, 4) is 5.75 Å². The second-order valence-corrected chi connectivity index (χ2v) is 5.67. The van der Waals surface area contributed by atoms with Crippen LogP contribution in [0.5, 0.6) is 5.75 Å². The summed E-state index contributed by atoms with van der Waals surface area (Å²) in [7, 11) is 0. The molecule has 112 valence electrons. The van der Waals surface area contributed by atoms with Gasteiger partial charge in [-0.05, 0) is 37.0 Å². The zero-order valence-corrected chi connectivity index (χ0v) is 12.2. The van der Waals surface area contributed by atoms with Crippen LogP contribution in [0.3, 0.4) is 0 Å². The Morgan fingerprint density at radius 1 is 1.25 bits per heavy atom. The Bertz CT molecular complexity index is 402. The minimum Gasteiger partial charge on any atom is -0.508 e. The molecule has 1 saturated carbocycles. The fourth-order valence-corrected chi connectivity index (χ4v) is 2.33. The van der Waals surface area contributed by atoms with Gasteiger partial charge in [0.2, 0.25) is 0 Å². The second-order valence-electron chi connectivity index (χ2n) is 5.05. The standard InChI is InChI=1S/C9H11NO3.C6H11Cl/c10-8(9(12)13)5-6-1-3-7(11)4-2-6;7-6-4-2-1-3-5-6/h1-4,8,11H,5,10H2,(H,12,13);6H,1-5H2. The Labute approximate surface area is 124 Å². The summed E-state index contributed by atoms with van der Waals surface area (Å²) in [6, 6.07) is 5.42. The van der Waals surface area contributed by atoms with Gasteiger partial charge in [-0.15, -0.1) is 11.6 Å². The molecule has 0 heterocycles. The van der Waals surface area contributed by atoms with E-state index in [9.17, 15) is 4.79 Å². The molecule has 2 rings (SSSR count). The molecule has 1 aromatic rings. The normalized spacial score (nSPS) is 16.9. The third-order valence-electron chi connectivity index (χ3n) is 3.24. The lowest BCUT2D eigenvalue weighted by atomic mass is 10.0. The van der Waals surface area contributed by atoms with Crippen molar-refractivity contribution >= 4 is 17.6 Å². The van der Waals surface area contributed by atoms with Gasteiger partial charge in [0.1, 0.15) is 11.8 Å². The molecule has 1 atom stereocenters. The van der Waals surface area contributed by atoms with Crippen molar-refractivity contribution in [3.05, 3.63) is 29.8 Å². The van der Waals surface area contributed by atoms with Gasteiger partial charge in [-0.3, -0.25) is 4.79 Å². The van der Waals surface area contributed by atoms with Crippen molar-refractivity contribution in [1.82, 2.24) is 0 Å². The van der Waals surface area contributed by atoms with E-state index in [0.717, 1.165) is 5.56 Å². The fraction of sp³-hybridized carbons (Fsp3) is 0.533. The lowest BCUT2D eigenvalue weighted by Gasteiger charge is -2.13. The Hall–Kier alpha value is -1.26. The lowest BCUT2D eigenvalue weighted by Crippen LogP contribution is -2.32. The number of carbonyl (C=O) groups is 1. The maximum atomic E-state index is 10.4. The summed E-state index contributed by atoms with van der Waals surface area (Å²) in [4.78, 5) is 10.4. The van der Waals surface area contributed by atoms with Crippen LogP contribution in [-0.2, 0) is 11.2 Å². The first-order valence-electron chi connectivity index (χ1n) is 6.89. The first kappa shape index (κ1) is 16.8. The van der Waals surface area contributed by atoms with Crippen molar-refractivity contribution in [2.45, 2.75) is 49.9 Å². The molecule has 1 unspecified atom stereocenters. The molecule has 0 aliphatic heterocycles. The van der Waals surface area contributed by atoms with Crippen molar-refractivity contribution in [2.75, 3.05) is 0 Å². The molecule has 4 N–H and O–H groups in total. The van der Waals surface area contributed by atoms with E-state index in [0.29, 0.717) is 5.38 Å². The molecule has 4 nitrogen and oxygen atoms in total. The second kappa shape index (κ2) is 8.82. The van der Waals surface area contributed by atoms with Crippen LogP contribution in [0.25, 0.3) is 0 Å². The summed E-state index contributed by atoms with van der Waals surface area (Å²) in [5.74, 6) is -0.860. The molecule has 1 aromatic carbocycles. The zero-order valence-electron chi connectivity index (χ0n) is 11.5. The molecule has 1 aliphatic carbocycles. The number of benzene rings is 1. The number of halogens is 1. The predicted octanol–water partition coefficient (Wildman–Crippen LogP) is 2.90. The number of phenols is 1. The summed E-state index contributed by atoms with van der Waals surface area (Å²) in [5, 5.41) is 18.0. The third-order valence-corrected chi connectivity index (χ3v) is 3.68. The fourth-order valence-electron chi connectivity index (χ4n) is 2.03. The van der Waals surface area contributed by atoms with Crippen molar-refractivity contribution in [2.24, 2.45) is 5.73 Å². The molecule has 0 radical (unpaired) electrons. The number of carboxylic acids is 1. The van der Waals surface area contributed by atoms with E-state index in [-0.39, 0.29) is 12.2 Å². The number of nitrogens with two attached hydrogens (primary N) is 1. The molecule has 0 spiro atoms. The van der Waals surface area contributed by atoms with E-state index in [1.54, 1.807) is 12.1 Å². The van der Waals surface area contributed by atoms with E-state index >= 15 is 0 Å².